The van der Waals surface area contributed by atoms with Crippen molar-refractivity contribution in [3.63, 3.8) is 0 Å². The van der Waals surface area contributed by atoms with Crippen LogP contribution in [-0.2, 0) is 9.53 Å². The minimum absolute atomic E-state index is 0.109. The molecule has 3 unspecified atom stereocenters. The lowest BCUT2D eigenvalue weighted by Crippen LogP contribution is -2.47. The van der Waals surface area contributed by atoms with Crippen LogP contribution in [0.4, 0.5) is 0 Å². The molecule has 2 aliphatic rings. The Labute approximate surface area is 103 Å². The van der Waals surface area contributed by atoms with E-state index in [0.717, 1.165) is 38.7 Å². The van der Waals surface area contributed by atoms with Gasteiger partial charge in [0.15, 0.2) is 0 Å². The van der Waals surface area contributed by atoms with E-state index in [9.17, 15) is 4.79 Å². The maximum Gasteiger partial charge on any atom is 0.223 e. The number of nitrogens with one attached hydrogen (secondary N) is 1. The zero-order valence-electron chi connectivity index (χ0n) is 10.9. The molecule has 0 radical (unpaired) electrons. The summed E-state index contributed by atoms with van der Waals surface area (Å²) in [5.74, 6) is 0.330. The van der Waals surface area contributed by atoms with Gasteiger partial charge in [-0.25, -0.2) is 0 Å². The normalized spacial score (nSPS) is 36.8. The molecule has 1 aliphatic heterocycles. The van der Waals surface area contributed by atoms with Crippen molar-refractivity contribution in [2.75, 3.05) is 6.61 Å². The van der Waals surface area contributed by atoms with Gasteiger partial charge in [-0.2, -0.15) is 0 Å². The van der Waals surface area contributed by atoms with Gasteiger partial charge in [-0.1, -0.05) is 0 Å². The maximum absolute atomic E-state index is 12.1. The molecule has 1 saturated carbocycles. The van der Waals surface area contributed by atoms with Gasteiger partial charge in [0.25, 0.3) is 0 Å². The second-order valence-corrected chi connectivity index (χ2v) is 6.08. The first-order chi connectivity index (χ1) is 7.96. The molecular weight excluding hydrogens is 216 g/mol. The van der Waals surface area contributed by atoms with Gasteiger partial charge < -0.3 is 15.8 Å². The Bertz CT molecular complexity index is 291. The second kappa shape index (κ2) is 4.94. The van der Waals surface area contributed by atoms with E-state index in [1.54, 1.807) is 0 Å². The van der Waals surface area contributed by atoms with Crippen LogP contribution >= 0.6 is 0 Å². The lowest BCUT2D eigenvalue weighted by Gasteiger charge is -2.36. The minimum Gasteiger partial charge on any atom is -0.375 e. The first kappa shape index (κ1) is 12.8. The van der Waals surface area contributed by atoms with Crippen molar-refractivity contribution in [2.24, 2.45) is 11.7 Å². The SMILES string of the molecule is CC1(C)CC(NC(=O)C2CCC(N)C2)CCO1. The number of hydrogen-bond donors (Lipinski definition) is 2. The van der Waals surface area contributed by atoms with Gasteiger partial charge in [0, 0.05) is 24.6 Å². The number of nitrogens with two attached hydrogens (primary N) is 1. The molecule has 3 N–H and O–H groups in total. The van der Waals surface area contributed by atoms with Crippen molar-refractivity contribution in [3.05, 3.63) is 0 Å². The predicted molar refractivity (Wildman–Crippen MR) is 66.5 cm³/mol. The molecule has 2 fully saturated rings. The first-order valence-electron chi connectivity index (χ1n) is 6.66. The Hall–Kier alpha value is -0.610. The molecule has 4 nitrogen and oxygen atoms in total. The molecule has 0 aromatic rings. The Morgan fingerprint density at radius 2 is 2.12 bits per heavy atom. The van der Waals surface area contributed by atoms with E-state index in [1.165, 1.54) is 0 Å². The highest BCUT2D eigenvalue weighted by molar-refractivity contribution is 5.79. The molecule has 1 saturated heterocycles. The molecule has 1 heterocycles. The molecule has 0 aromatic heterocycles. The second-order valence-electron chi connectivity index (χ2n) is 6.08. The van der Waals surface area contributed by atoms with Crippen molar-refractivity contribution in [2.45, 2.75) is 63.6 Å². The molecule has 98 valence electrons. The fourth-order valence-electron chi connectivity index (χ4n) is 2.93. The van der Waals surface area contributed by atoms with E-state index in [-0.39, 0.29) is 29.5 Å². The average molecular weight is 240 g/mol. The third kappa shape index (κ3) is 3.42. The summed E-state index contributed by atoms with van der Waals surface area (Å²) in [7, 11) is 0. The largest absolute Gasteiger partial charge is 0.375 e. The van der Waals surface area contributed by atoms with Gasteiger partial charge in [-0.05, 0) is 46.0 Å². The number of carbonyl (C=O) groups excluding carboxylic acids is 1. The molecule has 0 aromatic carbocycles. The monoisotopic (exact) mass is 240 g/mol. The van der Waals surface area contributed by atoms with Crippen LogP contribution in [0.2, 0.25) is 0 Å². The quantitative estimate of drug-likeness (QED) is 0.762. The molecule has 1 aliphatic carbocycles. The molecule has 1 amide bonds. The lowest BCUT2D eigenvalue weighted by atomic mass is 9.93. The van der Waals surface area contributed by atoms with Gasteiger partial charge in [-0.15, -0.1) is 0 Å². The van der Waals surface area contributed by atoms with E-state index in [1.807, 2.05) is 0 Å². The van der Waals surface area contributed by atoms with Crippen LogP contribution < -0.4 is 11.1 Å². The summed E-state index contributed by atoms with van der Waals surface area (Å²) in [4.78, 5) is 12.1. The molecule has 2 rings (SSSR count). The summed E-state index contributed by atoms with van der Waals surface area (Å²) in [5, 5.41) is 3.16. The average Bonchev–Trinajstić information content (AvgIpc) is 2.63. The van der Waals surface area contributed by atoms with Gasteiger partial charge in [0.2, 0.25) is 5.91 Å². The number of ether oxygens (including phenoxy) is 1. The summed E-state index contributed by atoms with van der Waals surface area (Å²) in [6.45, 7) is 4.90. The van der Waals surface area contributed by atoms with E-state index < -0.39 is 0 Å². The molecule has 3 atom stereocenters. The zero-order valence-corrected chi connectivity index (χ0v) is 10.9. The van der Waals surface area contributed by atoms with Crippen LogP contribution in [0, 0.1) is 5.92 Å². The van der Waals surface area contributed by atoms with Gasteiger partial charge >= 0.3 is 0 Å². The Balaban J connectivity index is 1.82. The highest BCUT2D eigenvalue weighted by Gasteiger charge is 2.33. The van der Waals surface area contributed by atoms with Crippen LogP contribution in [-0.4, -0.2) is 30.2 Å². The predicted octanol–water partition coefficient (Wildman–Crippen LogP) is 1.19. The highest BCUT2D eigenvalue weighted by Crippen LogP contribution is 2.27. The van der Waals surface area contributed by atoms with E-state index in [4.69, 9.17) is 10.5 Å². The fraction of sp³-hybridized carbons (Fsp3) is 0.923. The van der Waals surface area contributed by atoms with Crippen molar-refractivity contribution >= 4 is 5.91 Å². The maximum atomic E-state index is 12.1. The van der Waals surface area contributed by atoms with Crippen molar-refractivity contribution in [3.8, 4) is 0 Å². The highest BCUT2D eigenvalue weighted by atomic mass is 16.5. The van der Waals surface area contributed by atoms with E-state index >= 15 is 0 Å². The lowest BCUT2D eigenvalue weighted by molar-refractivity contribution is -0.127. The van der Waals surface area contributed by atoms with E-state index in [0.29, 0.717) is 0 Å². The third-order valence-corrected chi connectivity index (χ3v) is 3.89. The third-order valence-electron chi connectivity index (χ3n) is 3.89. The smallest absolute Gasteiger partial charge is 0.223 e. The van der Waals surface area contributed by atoms with Gasteiger partial charge in [0.1, 0.15) is 0 Å². The Morgan fingerprint density at radius 3 is 2.71 bits per heavy atom. The molecule has 0 bridgehead atoms. The zero-order chi connectivity index (χ0) is 12.5. The first-order valence-corrected chi connectivity index (χ1v) is 6.66. The van der Waals surface area contributed by atoms with E-state index in [2.05, 4.69) is 19.2 Å². The van der Waals surface area contributed by atoms with Crippen LogP contribution in [0.5, 0.6) is 0 Å². The number of carbonyl (C=O) groups is 1. The van der Waals surface area contributed by atoms with Gasteiger partial charge in [-0.3, -0.25) is 4.79 Å². The van der Waals surface area contributed by atoms with Crippen LogP contribution in [0.3, 0.4) is 0 Å². The standard InChI is InChI=1S/C13H24N2O2/c1-13(2)8-11(5-6-17-13)15-12(16)9-3-4-10(14)7-9/h9-11H,3-8,14H2,1-2H3,(H,15,16). The van der Waals surface area contributed by atoms with Gasteiger partial charge in [0.05, 0.1) is 5.60 Å². The van der Waals surface area contributed by atoms with Crippen molar-refractivity contribution in [1.29, 1.82) is 0 Å². The minimum atomic E-state index is -0.109. The summed E-state index contributed by atoms with van der Waals surface area (Å²) in [6, 6.07) is 0.486. The van der Waals surface area contributed by atoms with Crippen molar-refractivity contribution < 1.29 is 9.53 Å². The molecule has 17 heavy (non-hydrogen) atoms. The summed E-state index contributed by atoms with van der Waals surface area (Å²) in [5.41, 5.74) is 5.73. The summed E-state index contributed by atoms with van der Waals surface area (Å²) >= 11 is 0. The summed E-state index contributed by atoms with van der Waals surface area (Å²) < 4.78 is 5.65. The molecule has 0 spiro atoms. The number of rotatable bonds is 2. The van der Waals surface area contributed by atoms with Crippen LogP contribution in [0.1, 0.15) is 46.0 Å². The topological polar surface area (TPSA) is 64.4 Å². The van der Waals surface area contributed by atoms with Crippen molar-refractivity contribution in [1.82, 2.24) is 5.32 Å². The molecule has 4 heteroatoms. The number of hydrogen-bond acceptors (Lipinski definition) is 3. The van der Waals surface area contributed by atoms with Crippen LogP contribution in [0.15, 0.2) is 0 Å². The Morgan fingerprint density at radius 1 is 1.35 bits per heavy atom. The number of amides is 1. The van der Waals surface area contributed by atoms with Crippen LogP contribution in [0.25, 0.3) is 0 Å². The summed E-state index contributed by atoms with van der Waals surface area (Å²) in [6.07, 6.45) is 4.60. The fourth-order valence-corrected chi connectivity index (χ4v) is 2.93. The molecular formula is C13H24N2O2. The Kier molecular flexibility index (Phi) is 3.73.